The average Bonchev–Trinajstić information content (AvgIpc) is 3.47. The highest BCUT2D eigenvalue weighted by molar-refractivity contribution is 7.91. The maximum Gasteiger partial charge on any atom is 0.253 e. The van der Waals surface area contributed by atoms with Crippen molar-refractivity contribution in [2.75, 3.05) is 19.3 Å². The van der Waals surface area contributed by atoms with Gasteiger partial charge in [-0.3, -0.25) is 9.36 Å². The molecule has 11 heteroatoms. The van der Waals surface area contributed by atoms with E-state index in [2.05, 4.69) is 9.97 Å². The van der Waals surface area contributed by atoms with Gasteiger partial charge in [-0.05, 0) is 36.8 Å². The van der Waals surface area contributed by atoms with Crippen molar-refractivity contribution in [1.82, 2.24) is 19.4 Å². The molecule has 1 aliphatic heterocycles. The van der Waals surface area contributed by atoms with Crippen molar-refractivity contribution in [2.45, 2.75) is 17.4 Å². The zero-order valence-corrected chi connectivity index (χ0v) is 20.0. The van der Waals surface area contributed by atoms with Crippen LogP contribution < -0.4 is 5.73 Å². The molecule has 2 N–H and O–H groups in total. The van der Waals surface area contributed by atoms with Crippen molar-refractivity contribution >= 4 is 26.6 Å². The molecule has 1 amide bonds. The Morgan fingerprint density at radius 1 is 1.19 bits per heavy atom. The molecule has 3 heterocycles. The summed E-state index contributed by atoms with van der Waals surface area (Å²) in [6.45, 7) is 1.02. The van der Waals surface area contributed by atoms with Crippen LogP contribution in [0.15, 0.2) is 59.9 Å². The number of amides is 1. The lowest BCUT2D eigenvalue weighted by Gasteiger charge is -2.16. The van der Waals surface area contributed by atoms with Gasteiger partial charge in [-0.25, -0.2) is 22.8 Å². The second-order valence-electron chi connectivity index (χ2n) is 8.75. The molecule has 0 radical (unpaired) electrons. The molecular formula is C25H21FN6O3S. The van der Waals surface area contributed by atoms with E-state index in [0.29, 0.717) is 40.7 Å². The lowest BCUT2D eigenvalue weighted by Crippen LogP contribution is -2.31. The minimum atomic E-state index is -3.61. The van der Waals surface area contributed by atoms with Gasteiger partial charge in [-0.1, -0.05) is 6.07 Å². The van der Waals surface area contributed by atoms with E-state index in [1.54, 1.807) is 23.1 Å². The molecule has 36 heavy (non-hydrogen) atoms. The Bertz CT molecular complexity index is 1660. The third-order valence-corrected chi connectivity index (χ3v) is 7.31. The number of aromatic nitrogens is 3. The van der Waals surface area contributed by atoms with Crippen LogP contribution in [0.4, 0.5) is 4.39 Å². The second-order valence-corrected chi connectivity index (χ2v) is 10.7. The number of hydrogen-bond donors (Lipinski definition) is 1. The number of rotatable bonds is 4. The molecule has 2 aromatic heterocycles. The SMILES string of the molecule is CS(=O)(=O)c1cn(-c2ncc(-c3cc(C#N)ccc3F)cn2)c2cc(C(=O)N3CC[C@@H](N)C3)ccc12. The maximum atomic E-state index is 14.3. The molecular weight excluding hydrogens is 483 g/mol. The Labute approximate surface area is 206 Å². The molecule has 1 atom stereocenters. The van der Waals surface area contributed by atoms with E-state index in [4.69, 9.17) is 11.0 Å². The third-order valence-electron chi connectivity index (χ3n) is 6.19. The second kappa shape index (κ2) is 8.82. The van der Waals surface area contributed by atoms with E-state index in [-0.39, 0.29) is 28.4 Å². The number of fused-ring (bicyclic) bond motifs is 1. The monoisotopic (exact) mass is 504 g/mol. The highest BCUT2D eigenvalue weighted by Gasteiger charge is 2.26. The summed E-state index contributed by atoms with van der Waals surface area (Å²) in [7, 11) is -3.61. The Hall–Kier alpha value is -4.14. The van der Waals surface area contributed by atoms with Gasteiger partial charge < -0.3 is 10.6 Å². The van der Waals surface area contributed by atoms with Gasteiger partial charge in [0.15, 0.2) is 9.84 Å². The molecule has 2 aromatic carbocycles. The van der Waals surface area contributed by atoms with Crippen LogP contribution in [0, 0.1) is 17.1 Å². The van der Waals surface area contributed by atoms with E-state index in [0.717, 1.165) is 12.7 Å². The molecule has 0 bridgehead atoms. The van der Waals surface area contributed by atoms with Crippen LogP contribution >= 0.6 is 0 Å². The first kappa shape index (κ1) is 23.6. The molecule has 0 saturated carbocycles. The summed E-state index contributed by atoms with van der Waals surface area (Å²) < 4.78 is 40.8. The number of halogens is 1. The first-order valence-electron chi connectivity index (χ1n) is 11.1. The van der Waals surface area contributed by atoms with Crippen LogP contribution in [0.3, 0.4) is 0 Å². The van der Waals surface area contributed by atoms with Crippen LogP contribution in [-0.4, -0.2) is 59.1 Å². The number of likely N-dealkylation sites (tertiary alicyclic amines) is 1. The molecule has 1 fully saturated rings. The first-order chi connectivity index (χ1) is 17.2. The summed E-state index contributed by atoms with van der Waals surface area (Å²) in [6, 6.07) is 10.7. The van der Waals surface area contributed by atoms with Crippen LogP contribution in [0.25, 0.3) is 28.0 Å². The summed E-state index contributed by atoms with van der Waals surface area (Å²) in [6.07, 6.45) is 6.03. The fraction of sp³-hybridized carbons (Fsp3) is 0.200. The van der Waals surface area contributed by atoms with Crippen molar-refractivity contribution in [2.24, 2.45) is 5.73 Å². The van der Waals surface area contributed by atoms with Crippen molar-refractivity contribution in [3.63, 3.8) is 0 Å². The van der Waals surface area contributed by atoms with Gasteiger partial charge in [0.05, 0.1) is 22.0 Å². The predicted molar refractivity (Wildman–Crippen MR) is 131 cm³/mol. The van der Waals surface area contributed by atoms with E-state index in [9.17, 15) is 17.6 Å². The van der Waals surface area contributed by atoms with Crippen LogP contribution in [-0.2, 0) is 9.84 Å². The third kappa shape index (κ3) is 4.21. The van der Waals surface area contributed by atoms with Crippen molar-refractivity contribution in [3.05, 3.63) is 71.9 Å². The number of nitriles is 1. The lowest BCUT2D eigenvalue weighted by molar-refractivity contribution is 0.0791. The number of hydrogen-bond acceptors (Lipinski definition) is 7. The standard InChI is InChI=1S/C25H21FN6O3S/c1-36(34,35)23-14-32(22-9-16(3-4-19(22)23)24(33)31-7-6-18(28)13-31)25-29-11-17(12-30-25)20-8-15(10-27)2-5-21(20)26/h2-5,8-9,11-12,14,18H,6-7,13,28H2,1H3/t18-/m1/s1. The first-order valence-corrected chi connectivity index (χ1v) is 13.0. The van der Waals surface area contributed by atoms with Gasteiger partial charge >= 0.3 is 0 Å². The van der Waals surface area contributed by atoms with Gasteiger partial charge in [0.2, 0.25) is 5.95 Å². The van der Waals surface area contributed by atoms with E-state index >= 15 is 0 Å². The summed E-state index contributed by atoms with van der Waals surface area (Å²) in [5.74, 6) is -0.577. The number of nitrogens with zero attached hydrogens (tertiary/aromatic N) is 5. The van der Waals surface area contributed by atoms with Crippen LogP contribution in [0.2, 0.25) is 0 Å². The highest BCUT2D eigenvalue weighted by Crippen LogP contribution is 2.30. The van der Waals surface area contributed by atoms with Gasteiger partial charge in [-0.2, -0.15) is 5.26 Å². The molecule has 4 aromatic rings. The minimum Gasteiger partial charge on any atom is -0.337 e. The van der Waals surface area contributed by atoms with Gasteiger partial charge in [0.1, 0.15) is 5.82 Å². The summed E-state index contributed by atoms with van der Waals surface area (Å²) in [4.78, 5) is 23.4. The summed E-state index contributed by atoms with van der Waals surface area (Å²) in [5, 5.41) is 9.54. The summed E-state index contributed by atoms with van der Waals surface area (Å²) >= 11 is 0. The molecule has 182 valence electrons. The topological polar surface area (TPSA) is 135 Å². The Morgan fingerprint density at radius 3 is 2.58 bits per heavy atom. The van der Waals surface area contributed by atoms with Gasteiger partial charge in [0, 0.05) is 66.1 Å². The molecule has 1 aliphatic rings. The molecule has 1 saturated heterocycles. The zero-order chi connectivity index (χ0) is 25.6. The Morgan fingerprint density at radius 2 is 1.94 bits per heavy atom. The molecule has 0 unspecified atom stereocenters. The van der Waals surface area contributed by atoms with Crippen molar-refractivity contribution in [3.8, 4) is 23.1 Å². The van der Waals surface area contributed by atoms with E-state index in [1.807, 2.05) is 6.07 Å². The smallest absolute Gasteiger partial charge is 0.253 e. The van der Waals surface area contributed by atoms with Gasteiger partial charge in [0.25, 0.3) is 5.91 Å². The minimum absolute atomic E-state index is 0.0658. The molecule has 5 rings (SSSR count). The average molecular weight is 505 g/mol. The summed E-state index contributed by atoms with van der Waals surface area (Å²) in [5.41, 5.74) is 7.59. The number of carbonyl (C=O) groups is 1. The molecule has 0 aliphatic carbocycles. The maximum absolute atomic E-state index is 14.3. The molecule has 0 spiro atoms. The number of benzene rings is 2. The Kier molecular flexibility index (Phi) is 5.78. The normalized spacial score (nSPS) is 15.8. The van der Waals surface area contributed by atoms with E-state index < -0.39 is 15.7 Å². The van der Waals surface area contributed by atoms with E-state index in [1.165, 1.54) is 41.4 Å². The highest BCUT2D eigenvalue weighted by atomic mass is 32.2. The lowest BCUT2D eigenvalue weighted by atomic mass is 10.1. The quantitative estimate of drug-likeness (QED) is 0.451. The Balaban J connectivity index is 1.60. The fourth-order valence-corrected chi connectivity index (χ4v) is 5.21. The predicted octanol–water partition coefficient (Wildman–Crippen LogP) is 2.67. The van der Waals surface area contributed by atoms with Gasteiger partial charge in [-0.15, -0.1) is 0 Å². The number of sulfone groups is 1. The fourth-order valence-electron chi connectivity index (χ4n) is 4.34. The molecule has 9 nitrogen and oxygen atoms in total. The zero-order valence-electron chi connectivity index (χ0n) is 19.2. The van der Waals surface area contributed by atoms with Crippen LogP contribution in [0.1, 0.15) is 22.3 Å². The largest absolute Gasteiger partial charge is 0.337 e. The number of nitrogens with two attached hydrogens (primary N) is 1. The van der Waals surface area contributed by atoms with Crippen molar-refractivity contribution < 1.29 is 17.6 Å². The van der Waals surface area contributed by atoms with Crippen LogP contribution in [0.5, 0.6) is 0 Å². The number of carbonyl (C=O) groups excluding carboxylic acids is 1. The van der Waals surface area contributed by atoms with Crippen molar-refractivity contribution in [1.29, 1.82) is 5.26 Å².